The van der Waals surface area contributed by atoms with Crippen LogP contribution in [0, 0.1) is 0 Å². The summed E-state index contributed by atoms with van der Waals surface area (Å²) < 4.78 is 16.1. The Bertz CT molecular complexity index is 1000. The van der Waals surface area contributed by atoms with Gasteiger partial charge in [-0.05, 0) is 36.6 Å². The number of rotatable bonds is 7. The lowest BCUT2D eigenvalue weighted by Gasteiger charge is -2.50. The number of nitrogens with zero attached hydrogens (tertiary/aromatic N) is 1. The van der Waals surface area contributed by atoms with Gasteiger partial charge in [-0.3, -0.25) is 9.59 Å². The van der Waals surface area contributed by atoms with Gasteiger partial charge in [-0.15, -0.1) is 0 Å². The number of nitrogens with one attached hydrogen (secondary N) is 1. The van der Waals surface area contributed by atoms with Gasteiger partial charge in [-0.25, -0.2) is 0 Å². The highest BCUT2D eigenvalue weighted by Crippen LogP contribution is 2.50. The highest BCUT2D eigenvalue weighted by atomic mass is 16.5. The summed E-state index contributed by atoms with van der Waals surface area (Å²) in [6.07, 6.45) is 3.52. The molecule has 2 aliphatic rings. The summed E-state index contributed by atoms with van der Waals surface area (Å²) in [7, 11) is 4.78. The molecular weight excluding hydrogens is 408 g/mol. The van der Waals surface area contributed by atoms with E-state index in [-0.39, 0.29) is 11.8 Å². The average Bonchev–Trinajstić information content (AvgIpc) is 3.28. The molecule has 1 fully saturated rings. The summed E-state index contributed by atoms with van der Waals surface area (Å²) in [4.78, 5) is 29.3. The molecule has 1 N–H and O–H groups in total. The number of benzene rings is 2. The van der Waals surface area contributed by atoms with Crippen LogP contribution in [0.25, 0.3) is 0 Å². The van der Waals surface area contributed by atoms with Crippen LogP contribution in [-0.2, 0) is 9.53 Å². The SMILES string of the molecule is COCCN1C(=O)c2ccccc2[C@@H](C(=O)Nc2cc(OC)ccc2OC)C12CCCC2. The predicted molar refractivity (Wildman–Crippen MR) is 121 cm³/mol. The van der Waals surface area contributed by atoms with Crippen molar-refractivity contribution in [1.82, 2.24) is 4.90 Å². The Hall–Kier alpha value is -3.06. The molecule has 0 radical (unpaired) electrons. The van der Waals surface area contributed by atoms with Crippen LogP contribution in [0.15, 0.2) is 42.5 Å². The molecule has 0 aromatic heterocycles. The van der Waals surface area contributed by atoms with Crippen molar-refractivity contribution in [3.63, 3.8) is 0 Å². The van der Waals surface area contributed by atoms with Gasteiger partial charge in [0.2, 0.25) is 5.91 Å². The molecule has 1 saturated carbocycles. The molecule has 0 saturated heterocycles. The Morgan fingerprint density at radius 2 is 1.84 bits per heavy atom. The fourth-order valence-corrected chi connectivity index (χ4v) is 5.29. The van der Waals surface area contributed by atoms with Crippen LogP contribution in [-0.4, -0.2) is 56.7 Å². The first-order valence-electron chi connectivity index (χ1n) is 11.0. The summed E-state index contributed by atoms with van der Waals surface area (Å²) in [6, 6.07) is 12.8. The van der Waals surface area contributed by atoms with E-state index in [9.17, 15) is 9.59 Å². The molecule has 2 amide bonds. The minimum absolute atomic E-state index is 0.0254. The minimum atomic E-state index is -0.569. The Kier molecular flexibility index (Phi) is 6.37. The van der Waals surface area contributed by atoms with Gasteiger partial charge in [0.25, 0.3) is 5.91 Å². The van der Waals surface area contributed by atoms with Gasteiger partial charge in [0.1, 0.15) is 11.5 Å². The van der Waals surface area contributed by atoms with E-state index in [2.05, 4.69) is 5.32 Å². The largest absolute Gasteiger partial charge is 0.497 e. The number of carbonyl (C=O) groups is 2. The Morgan fingerprint density at radius 1 is 1.09 bits per heavy atom. The van der Waals surface area contributed by atoms with Crippen molar-refractivity contribution in [2.24, 2.45) is 0 Å². The van der Waals surface area contributed by atoms with Gasteiger partial charge >= 0.3 is 0 Å². The summed E-state index contributed by atoms with van der Waals surface area (Å²) in [5, 5.41) is 3.08. The normalized spacial score (nSPS) is 19.0. The van der Waals surface area contributed by atoms with Crippen LogP contribution in [0.1, 0.15) is 47.5 Å². The highest BCUT2D eigenvalue weighted by molar-refractivity contribution is 6.05. The molecule has 2 aromatic rings. The van der Waals surface area contributed by atoms with Gasteiger partial charge in [-0.1, -0.05) is 31.0 Å². The molecule has 4 rings (SSSR count). The zero-order valence-corrected chi connectivity index (χ0v) is 18.8. The van der Waals surface area contributed by atoms with Crippen LogP contribution in [0.5, 0.6) is 11.5 Å². The zero-order valence-electron chi connectivity index (χ0n) is 18.8. The summed E-state index contributed by atoms with van der Waals surface area (Å²) in [6.45, 7) is 0.879. The molecule has 1 spiro atoms. The summed E-state index contributed by atoms with van der Waals surface area (Å²) in [5.74, 6) is 0.503. The maximum absolute atomic E-state index is 13.9. The molecule has 32 heavy (non-hydrogen) atoms. The van der Waals surface area contributed by atoms with Gasteiger partial charge in [0, 0.05) is 25.3 Å². The second kappa shape index (κ2) is 9.20. The summed E-state index contributed by atoms with van der Waals surface area (Å²) in [5.41, 5.74) is 1.34. The zero-order chi connectivity index (χ0) is 22.7. The third-order valence-corrected chi connectivity index (χ3v) is 6.74. The third-order valence-electron chi connectivity index (χ3n) is 6.74. The maximum atomic E-state index is 13.9. The second-order valence-electron chi connectivity index (χ2n) is 8.34. The number of amides is 2. The third kappa shape index (κ3) is 3.71. The first-order valence-corrected chi connectivity index (χ1v) is 11.0. The highest BCUT2D eigenvalue weighted by Gasteiger charge is 2.55. The monoisotopic (exact) mass is 438 g/mol. The van der Waals surface area contributed by atoms with Gasteiger partial charge < -0.3 is 24.4 Å². The molecule has 170 valence electrons. The lowest BCUT2D eigenvalue weighted by atomic mass is 9.71. The number of hydrogen-bond acceptors (Lipinski definition) is 5. The predicted octanol–water partition coefficient (Wildman–Crippen LogP) is 3.84. The molecule has 7 nitrogen and oxygen atoms in total. The van der Waals surface area contributed by atoms with E-state index in [1.807, 2.05) is 29.2 Å². The van der Waals surface area contributed by atoms with E-state index < -0.39 is 11.5 Å². The molecule has 1 atom stereocenters. The van der Waals surface area contributed by atoms with Crippen LogP contribution in [0.2, 0.25) is 0 Å². The van der Waals surface area contributed by atoms with Gasteiger partial charge in [-0.2, -0.15) is 0 Å². The quantitative estimate of drug-likeness (QED) is 0.711. The van der Waals surface area contributed by atoms with Gasteiger partial charge in [0.15, 0.2) is 0 Å². The first-order chi connectivity index (χ1) is 15.6. The van der Waals surface area contributed by atoms with Crippen molar-refractivity contribution < 1.29 is 23.8 Å². The van der Waals surface area contributed by atoms with E-state index in [0.717, 1.165) is 31.2 Å². The lowest BCUT2D eigenvalue weighted by Crippen LogP contribution is -2.60. The number of methoxy groups -OCH3 is 3. The molecular formula is C25H30N2O5. The van der Waals surface area contributed by atoms with Crippen molar-refractivity contribution in [1.29, 1.82) is 0 Å². The van der Waals surface area contributed by atoms with Gasteiger partial charge in [0.05, 0.1) is 38.0 Å². The number of carbonyl (C=O) groups excluding carboxylic acids is 2. The molecule has 2 aromatic carbocycles. The standard InChI is InChI=1S/C25H30N2O5/c1-30-15-14-27-24(29)19-9-5-4-8-18(19)22(25(27)12-6-7-13-25)23(28)26-20-16-17(31-2)10-11-21(20)32-3/h4-5,8-11,16,22H,6-7,12-15H2,1-3H3,(H,26,28)/t22-/m0/s1. The van der Waals surface area contributed by atoms with Crippen molar-refractivity contribution in [2.45, 2.75) is 37.1 Å². The number of ether oxygens (including phenoxy) is 3. The Morgan fingerprint density at radius 3 is 2.53 bits per heavy atom. The maximum Gasteiger partial charge on any atom is 0.254 e. The van der Waals surface area contributed by atoms with Crippen LogP contribution in [0.4, 0.5) is 5.69 Å². The van der Waals surface area contributed by atoms with E-state index in [4.69, 9.17) is 14.2 Å². The van der Waals surface area contributed by atoms with E-state index >= 15 is 0 Å². The van der Waals surface area contributed by atoms with Crippen molar-refractivity contribution in [3.8, 4) is 11.5 Å². The first kappa shape index (κ1) is 22.1. The Balaban J connectivity index is 1.79. The smallest absolute Gasteiger partial charge is 0.254 e. The summed E-state index contributed by atoms with van der Waals surface area (Å²) >= 11 is 0. The number of hydrogen-bond donors (Lipinski definition) is 1. The van der Waals surface area contributed by atoms with E-state index in [0.29, 0.717) is 35.9 Å². The molecule has 7 heteroatoms. The van der Waals surface area contributed by atoms with Crippen LogP contribution < -0.4 is 14.8 Å². The van der Waals surface area contributed by atoms with E-state index in [1.165, 1.54) is 0 Å². The molecule has 1 heterocycles. The van der Waals surface area contributed by atoms with Crippen molar-refractivity contribution in [2.75, 3.05) is 39.8 Å². The Labute approximate surface area is 188 Å². The van der Waals surface area contributed by atoms with Crippen molar-refractivity contribution in [3.05, 3.63) is 53.6 Å². The molecule has 0 unspecified atom stereocenters. The minimum Gasteiger partial charge on any atom is -0.497 e. The van der Waals surface area contributed by atoms with Crippen molar-refractivity contribution >= 4 is 17.5 Å². The lowest BCUT2D eigenvalue weighted by molar-refractivity contribution is -0.121. The van der Waals surface area contributed by atoms with Crippen LogP contribution in [0.3, 0.4) is 0 Å². The van der Waals surface area contributed by atoms with Crippen LogP contribution >= 0.6 is 0 Å². The topological polar surface area (TPSA) is 77.1 Å². The molecule has 1 aliphatic heterocycles. The number of anilines is 1. The molecule has 0 bridgehead atoms. The number of fused-ring (bicyclic) bond motifs is 1. The fraction of sp³-hybridized carbons (Fsp3) is 0.440. The second-order valence-corrected chi connectivity index (χ2v) is 8.34. The fourth-order valence-electron chi connectivity index (χ4n) is 5.29. The molecule has 1 aliphatic carbocycles. The van der Waals surface area contributed by atoms with E-state index in [1.54, 1.807) is 39.5 Å². The average molecular weight is 439 g/mol.